The van der Waals surface area contributed by atoms with E-state index in [2.05, 4.69) is 102 Å². The third-order valence-corrected chi connectivity index (χ3v) is 19.8. The van der Waals surface area contributed by atoms with Crippen LogP contribution in [0.5, 0.6) is 0 Å². The summed E-state index contributed by atoms with van der Waals surface area (Å²) in [7, 11) is 1.69. The maximum atomic E-state index is 6.23. The van der Waals surface area contributed by atoms with Crippen LogP contribution in [0.4, 0.5) is 0 Å². The van der Waals surface area contributed by atoms with Crippen molar-refractivity contribution in [3.8, 4) is 0 Å². The van der Waals surface area contributed by atoms with Crippen molar-refractivity contribution in [2.45, 2.75) is 25.9 Å². The van der Waals surface area contributed by atoms with Gasteiger partial charge in [0.25, 0.3) is 0 Å². The summed E-state index contributed by atoms with van der Waals surface area (Å²) >= 11 is -3.52. The average molecular weight is 575 g/mol. The molecule has 1 fully saturated rings. The summed E-state index contributed by atoms with van der Waals surface area (Å²) in [5.41, 5.74) is 1.48. The van der Waals surface area contributed by atoms with Gasteiger partial charge in [-0.05, 0) is 0 Å². The first-order valence-electron chi connectivity index (χ1n) is 12.5. The first-order chi connectivity index (χ1) is 17.3. The topological polar surface area (TPSA) is 27.7 Å². The second-order valence-corrected chi connectivity index (χ2v) is 19.3. The number of ether oxygens (including phenoxy) is 3. The molecular formula is C31H36O3Sn. The van der Waals surface area contributed by atoms with Crippen molar-refractivity contribution in [3.05, 3.63) is 113 Å². The van der Waals surface area contributed by atoms with Gasteiger partial charge in [0.1, 0.15) is 0 Å². The second-order valence-electron chi connectivity index (χ2n) is 8.96. The Bertz CT molecular complexity index is 983. The molecule has 0 bridgehead atoms. The van der Waals surface area contributed by atoms with Crippen molar-refractivity contribution in [3.63, 3.8) is 0 Å². The molecule has 0 radical (unpaired) electrons. The van der Waals surface area contributed by atoms with Crippen molar-refractivity contribution >= 4 is 29.1 Å². The first kappa shape index (κ1) is 25.7. The molecule has 182 valence electrons. The van der Waals surface area contributed by atoms with Crippen molar-refractivity contribution in [2.75, 3.05) is 26.9 Å². The van der Waals surface area contributed by atoms with Crippen LogP contribution in [0.3, 0.4) is 0 Å². The molecule has 1 aliphatic heterocycles. The molecule has 4 rings (SSSR count). The molecular weight excluding hydrogens is 539 g/mol. The van der Waals surface area contributed by atoms with E-state index >= 15 is 0 Å². The van der Waals surface area contributed by atoms with Gasteiger partial charge < -0.3 is 0 Å². The van der Waals surface area contributed by atoms with Crippen LogP contribution in [0.15, 0.2) is 113 Å². The summed E-state index contributed by atoms with van der Waals surface area (Å²) in [6.07, 6.45) is 5.76. The fraction of sp³-hybridized carbons (Fsp3) is 0.290. The number of methoxy groups -OCH3 is 1. The van der Waals surface area contributed by atoms with E-state index in [0.717, 1.165) is 19.4 Å². The Morgan fingerprint density at radius 1 is 0.857 bits per heavy atom. The summed E-state index contributed by atoms with van der Waals surface area (Å²) in [6, 6.07) is 33.5. The van der Waals surface area contributed by atoms with Crippen molar-refractivity contribution < 1.29 is 14.2 Å². The summed E-state index contributed by atoms with van der Waals surface area (Å²) in [5, 5.41) is 0. The van der Waals surface area contributed by atoms with Crippen molar-refractivity contribution in [1.82, 2.24) is 0 Å². The third-order valence-electron chi connectivity index (χ3n) is 6.87. The van der Waals surface area contributed by atoms with Crippen LogP contribution < -0.4 is 10.7 Å². The zero-order chi connectivity index (χ0) is 24.3. The van der Waals surface area contributed by atoms with Gasteiger partial charge in [-0.1, -0.05) is 0 Å². The Morgan fingerprint density at radius 3 is 1.89 bits per heavy atom. The van der Waals surface area contributed by atoms with E-state index < -0.39 is 18.4 Å². The maximum absolute atomic E-state index is 6.23. The molecule has 0 amide bonds. The van der Waals surface area contributed by atoms with Gasteiger partial charge in [0.2, 0.25) is 0 Å². The van der Waals surface area contributed by atoms with Gasteiger partial charge in [-0.2, -0.15) is 0 Å². The number of benzene rings is 3. The van der Waals surface area contributed by atoms with Crippen LogP contribution >= 0.6 is 0 Å². The normalized spacial score (nSPS) is 19.8. The van der Waals surface area contributed by atoms with Gasteiger partial charge in [0, 0.05) is 0 Å². The van der Waals surface area contributed by atoms with Gasteiger partial charge in [-0.3, -0.25) is 0 Å². The molecule has 1 heterocycles. The number of rotatable bonds is 10. The molecule has 0 spiro atoms. The molecule has 0 N–H and O–H groups in total. The zero-order valence-corrected chi connectivity index (χ0v) is 23.7. The third kappa shape index (κ3) is 6.08. The first-order valence-corrected chi connectivity index (χ1v) is 18.5. The molecule has 0 aromatic heterocycles. The van der Waals surface area contributed by atoms with E-state index in [4.69, 9.17) is 14.2 Å². The van der Waals surface area contributed by atoms with E-state index in [9.17, 15) is 0 Å². The summed E-state index contributed by atoms with van der Waals surface area (Å²) in [4.78, 5) is 0. The van der Waals surface area contributed by atoms with E-state index in [1.807, 2.05) is 6.08 Å². The summed E-state index contributed by atoms with van der Waals surface area (Å²) < 4.78 is 24.5. The van der Waals surface area contributed by atoms with Crippen LogP contribution in [-0.2, 0) is 14.2 Å². The quantitative estimate of drug-likeness (QED) is 0.261. The molecule has 0 unspecified atom stereocenters. The van der Waals surface area contributed by atoms with Crippen molar-refractivity contribution in [1.29, 1.82) is 0 Å². The second kappa shape index (κ2) is 13.1. The molecule has 3 aromatic rings. The van der Waals surface area contributed by atoms with Crippen LogP contribution in [0.25, 0.3) is 0 Å². The molecule has 0 saturated carbocycles. The number of hydrogen-bond donors (Lipinski definition) is 0. The molecule has 0 aliphatic carbocycles. The predicted molar refractivity (Wildman–Crippen MR) is 147 cm³/mol. The molecule has 35 heavy (non-hydrogen) atoms. The van der Waals surface area contributed by atoms with Crippen LogP contribution in [0.2, 0.25) is 0 Å². The monoisotopic (exact) mass is 576 g/mol. The fourth-order valence-electron chi connectivity index (χ4n) is 5.16. The molecule has 2 atom stereocenters. The molecule has 1 aliphatic rings. The Kier molecular flexibility index (Phi) is 9.64. The van der Waals surface area contributed by atoms with E-state index in [-0.39, 0.29) is 12.0 Å². The molecule has 1 saturated heterocycles. The number of hydrogen-bond acceptors (Lipinski definition) is 3. The fourth-order valence-corrected chi connectivity index (χ4v) is 18.2. The van der Waals surface area contributed by atoms with Gasteiger partial charge in [-0.15, -0.1) is 0 Å². The Hall–Kier alpha value is -2.34. The molecule has 4 heteroatoms. The predicted octanol–water partition coefficient (Wildman–Crippen LogP) is 4.61. The summed E-state index contributed by atoms with van der Waals surface area (Å²) in [5.74, 6) is 0.230. The van der Waals surface area contributed by atoms with E-state index in [1.165, 1.54) is 16.3 Å². The van der Waals surface area contributed by atoms with E-state index in [0.29, 0.717) is 13.2 Å². The zero-order valence-electron chi connectivity index (χ0n) is 20.8. The van der Waals surface area contributed by atoms with Crippen LogP contribution in [0, 0.1) is 5.92 Å². The minimum atomic E-state index is -3.52. The van der Waals surface area contributed by atoms with Crippen molar-refractivity contribution in [2.24, 2.45) is 5.92 Å². The Balaban J connectivity index is 1.87. The molecule has 3 nitrogen and oxygen atoms in total. The van der Waals surface area contributed by atoms with Gasteiger partial charge in [-0.25, -0.2) is 0 Å². The van der Waals surface area contributed by atoms with E-state index in [1.54, 1.807) is 13.4 Å². The minimum absolute atomic E-state index is 0.164. The Labute approximate surface area is 214 Å². The van der Waals surface area contributed by atoms with Gasteiger partial charge in [0.05, 0.1) is 0 Å². The SMILES string of the molecule is CC[C@@H]1OCC/C(=[CH]\[Sn]([c]2ccccc2)([c]2ccccc2)[c]2ccccc2)[C@@H]1CO/C=C/COC. The molecule has 3 aromatic carbocycles. The standard InChI is InChI=1S/C13H21O3.3C6H5.Sn/c1-4-13-12(11(2)6-9-16-13)10-15-8-5-7-14-3;3*1-2-4-6-5-3-1;/h2,5,8,12-13H,4,6-7,9-10H2,1,3H3;3*1-5H;/b8-5+,11-2?;;;;/t12-,13-;;;;/m0..../s1. The summed E-state index contributed by atoms with van der Waals surface area (Å²) in [6.45, 7) is 4.14. The van der Waals surface area contributed by atoms with Gasteiger partial charge >= 0.3 is 215 Å². The Morgan fingerprint density at radius 2 is 1.40 bits per heavy atom. The van der Waals surface area contributed by atoms with Crippen LogP contribution in [-0.4, -0.2) is 51.4 Å². The van der Waals surface area contributed by atoms with Crippen LogP contribution in [0.1, 0.15) is 19.8 Å². The average Bonchev–Trinajstić information content (AvgIpc) is 2.93. The van der Waals surface area contributed by atoms with Gasteiger partial charge in [0.15, 0.2) is 0 Å².